The number of nitrogens with two attached hydrogens (primary N) is 2. The van der Waals surface area contributed by atoms with Crippen molar-refractivity contribution in [3.05, 3.63) is 90.3 Å². The molecule has 0 aliphatic heterocycles. The fraction of sp³-hybridized carbons (Fsp3) is 0.513. The van der Waals surface area contributed by atoms with Gasteiger partial charge in [-0.25, -0.2) is 4.98 Å². The SMILES string of the molecule is CC(C)C[C@H](NC(=O)[C@H](Cc1c[nH]cn1)NC(=O)[C@H](Cc1c[nH]c2ccccc12)NC(=O)[C@H](C)NC(=O)[C@H](CO)NC(=O)[C@H](CC(=O)O)NC(=O)CN)C(=O)NCC(=O)N[C@@H](CCC(=O)O)C(=O)N[C@@H](CC(C)C)C(=O)N[C@H](C(=O)N[C@@H](Cc1c[nH]c2ccccc12)C(=O)N[C@@H](CO)C(=O)N[C@H](C(=O)NCC(=O)SCCC(N)=O)[C@@H](C)O)C(C)C. The molecule has 44 heteroatoms. The molecule has 43 nitrogen and oxygen atoms in total. The number of aliphatic hydroxyl groups excluding tert-OH is 3. The van der Waals surface area contributed by atoms with Gasteiger partial charge in [0, 0.05) is 78.3 Å². The van der Waals surface area contributed by atoms with Gasteiger partial charge < -0.3 is 126 Å². The number of carbonyl (C=O) groups is 18. The summed E-state index contributed by atoms with van der Waals surface area (Å²) in [5.74, 6) is -19.6. The van der Waals surface area contributed by atoms with E-state index in [0.717, 1.165) is 6.92 Å². The summed E-state index contributed by atoms with van der Waals surface area (Å²) in [6.07, 6.45) is 0.790. The van der Waals surface area contributed by atoms with Crippen LogP contribution in [0.1, 0.15) is 111 Å². The normalized spacial score (nSPS) is 14.5. The van der Waals surface area contributed by atoms with Crippen molar-refractivity contribution in [3.8, 4) is 0 Å². The van der Waals surface area contributed by atoms with Crippen LogP contribution in [-0.2, 0) is 106 Å². The number of fused-ring (bicyclic) bond motifs is 2. The molecule has 2 aromatic carbocycles. The topological polar surface area (TPSA) is 689 Å². The molecule has 0 aliphatic rings. The Balaban J connectivity index is 1.32. The van der Waals surface area contributed by atoms with Gasteiger partial charge in [-0.05, 0) is 74.1 Å². The van der Waals surface area contributed by atoms with Crippen LogP contribution in [0.5, 0.6) is 0 Å². The number of nitrogens with one attached hydrogen (secondary N) is 17. The van der Waals surface area contributed by atoms with E-state index in [1.54, 1.807) is 102 Å². The van der Waals surface area contributed by atoms with Crippen molar-refractivity contribution in [3.63, 3.8) is 0 Å². The van der Waals surface area contributed by atoms with E-state index in [2.05, 4.69) is 94.4 Å². The lowest BCUT2D eigenvalue weighted by molar-refractivity contribution is -0.141. The summed E-state index contributed by atoms with van der Waals surface area (Å²) in [6, 6.07) is -5.74. The summed E-state index contributed by atoms with van der Waals surface area (Å²) >= 11 is 0.702. The van der Waals surface area contributed by atoms with Crippen molar-refractivity contribution in [1.29, 1.82) is 0 Å². The van der Waals surface area contributed by atoms with Crippen LogP contribution in [0.2, 0.25) is 0 Å². The number of carboxylic acid groups (broad SMARTS) is 2. The summed E-state index contributed by atoms with van der Waals surface area (Å²) in [6.45, 7) is 7.95. The zero-order chi connectivity index (χ0) is 89.2. The molecule has 0 saturated heterocycles. The van der Waals surface area contributed by atoms with Crippen molar-refractivity contribution in [2.75, 3.05) is 38.6 Å². The van der Waals surface area contributed by atoms with Gasteiger partial charge in [0.1, 0.15) is 72.5 Å². The van der Waals surface area contributed by atoms with Crippen LogP contribution in [0.4, 0.5) is 0 Å². The minimum Gasteiger partial charge on any atom is -0.481 e. The first kappa shape index (κ1) is 98.2. The Kier molecular flexibility index (Phi) is 39.6. The smallest absolute Gasteiger partial charge is 0.305 e. The highest BCUT2D eigenvalue weighted by Gasteiger charge is 2.39. The first-order valence-corrected chi connectivity index (χ1v) is 39.4. The average Bonchev–Trinajstić information content (AvgIpc) is 1.67. The van der Waals surface area contributed by atoms with Crippen LogP contribution in [0.25, 0.3) is 21.8 Å². The Hall–Kier alpha value is -12.4. The van der Waals surface area contributed by atoms with Crippen LogP contribution >= 0.6 is 11.8 Å². The molecule has 13 atom stereocenters. The fourth-order valence-corrected chi connectivity index (χ4v) is 12.8. The molecule has 656 valence electrons. The Morgan fingerprint density at radius 2 is 0.892 bits per heavy atom. The van der Waals surface area contributed by atoms with Crippen molar-refractivity contribution in [1.82, 2.24) is 94.4 Å². The number of carboxylic acids is 2. The molecule has 15 amide bonds. The number of para-hydroxylation sites is 2. The number of aliphatic hydroxyl groups is 3. The lowest BCUT2D eigenvalue weighted by Crippen LogP contribution is -2.62. The van der Waals surface area contributed by atoms with Crippen LogP contribution in [0.3, 0.4) is 0 Å². The summed E-state index contributed by atoms with van der Waals surface area (Å²) in [4.78, 5) is 255. The van der Waals surface area contributed by atoms with Crippen molar-refractivity contribution >= 4 is 139 Å². The third-order valence-electron chi connectivity index (χ3n) is 18.4. The van der Waals surface area contributed by atoms with Gasteiger partial charge in [-0.3, -0.25) is 86.3 Å². The van der Waals surface area contributed by atoms with Gasteiger partial charge in [-0.1, -0.05) is 89.7 Å². The molecule has 3 aromatic heterocycles. The summed E-state index contributed by atoms with van der Waals surface area (Å²) in [7, 11) is 0. The molecule has 0 aliphatic carbocycles. The number of carbonyl (C=O) groups excluding carboxylic acids is 16. The van der Waals surface area contributed by atoms with Crippen molar-refractivity contribution in [2.24, 2.45) is 29.2 Å². The van der Waals surface area contributed by atoms with E-state index in [4.69, 9.17) is 11.5 Å². The zero-order valence-electron chi connectivity index (χ0n) is 67.4. The quantitative estimate of drug-likeness (QED) is 0.0172. The summed E-state index contributed by atoms with van der Waals surface area (Å²) in [5.41, 5.74) is 12.9. The molecule has 0 unspecified atom stereocenters. The van der Waals surface area contributed by atoms with E-state index in [1.165, 1.54) is 19.4 Å². The molecule has 5 rings (SSSR count). The first-order chi connectivity index (χ1) is 56.7. The second-order valence-corrected chi connectivity index (χ2v) is 30.6. The van der Waals surface area contributed by atoms with Gasteiger partial charge in [0.25, 0.3) is 0 Å². The van der Waals surface area contributed by atoms with Crippen LogP contribution in [0.15, 0.2) is 73.4 Å². The van der Waals surface area contributed by atoms with Crippen molar-refractivity contribution in [2.45, 2.75) is 192 Å². The van der Waals surface area contributed by atoms with Gasteiger partial charge in [0.15, 0.2) is 0 Å². The number of hydrogen-bond acceptors (Lipinski definition) is 24. The van der Waals surface area contributed by atoms with Crippen molar-refractivity contribution < 1.29 is 112 Å². The number of thioether (sulfide) groups is 1. The molecule has 120 heavy (non-hydrogen) atoms. The molecule has 26 N–H and O–H groups in total. The highest BCUT2D eigenvalue weighted by Crippen LogP contribution is 2.22. The molecule has 0 spiro atoms. The number of rotatable bonds is 51. The third-order valence-corrected chi connectivity index (χ3v) is 19.3. The minimum absolute atomic E-state index is 0.0244. The van der Waals surface area contributed by atoms with E-state index in [9.17, 15) is 112 Å². The number of hydrogen-bond donors (Lipinski definition) is 24. The molecular formula is C76H108N20O23S. The first-order valence-electron chi connectivity index (χ1n) is 38.5. The van der Waals surface area contributed by atoms with E-state index >= 15 is 0 Å². The predicted octanol–water partition coefficient (Wildman–Crippen LogP) is -5.98. The summed E-state index contributed by atoms with van der Waals surface area (Å²) < 4.78 is 0. The Morgan fingerprint density at radius 3 is 1.38 bits per heavy atom. The average molecular weight is 1700 g/mol. The maximum Gasteiger partial charge on any atom is 0.305 e. The Morgan fingerprint density at radius 1 is 0.450 bits per heavy atom. The number of nitrogens with zero attached hydrogens (tertiary/aromatic N) is 1. The number of aliphatic carboxylic acids is 2. The minimum atomic E-state index is -1.84. The van der Waals surface area contributed by atoms with E-state index in [-0.39, 0.29) is 61.8 Å². The van der Waals surface area contributed by atoms with E-state index < -0.39 is 242 Å². The maximum atomic E-state index is 14.8. The number of aromatic nitrogens is 4. The zero-order valence-corrected chi connectivity index (χ0v) is 68.2. The molecule has 3 heterocycles. The number of benzene rings is 2. The predicted molar refractivity (Wildman–Crippen MR) is 430 cm³/mol. The van der Waals surface area contributed by atoms with Crippen LogP contribution < -0.4 is 85.9 Å². The van der Waals surface area contributed by atoms with Crippen LogP contribution in [0, 0.1) is 17.8 Å². The van der Waals surface area contributed by atoms with E-state index in [0.29, 0.717) is 44.7 Å². The summed E-state index contributed by atoms with van der Waals surface area (Å²) in [5, 5.41) is 84.7. The number of H-pyrrole nitrogens is 3. The van der Waals surface area contributed by atoms with E-state index in [1.807, 2.05) is 0 Å². The van der Waals surface area contributed by atoms with Gasteiger partial charge in [0.2, 0.25) is 93.7 Å². The maximum absolute atomic E-state index is 14.8. The molecule has 0 bridgehead atoms. The van der Waals surface area contributed by atoms with Crippen LogP contribution in [-0.4, -0.2) is 268 Å². The van der Waals surface area contributed by atoms with Gasteiger partial charge in [0.05, 0.1) is 57.4 Å². The Labute approximate surface area is 692 Å². The lowest BCUT2D eigenvalue weighted by atomic mass is 9.98. The van der Waals surface area contributed by atoms with Gasteiger partial charge >= 0.3 is 11.9 Å². The standard InChI is InChI=1S/C76H108N20O23S/c1-36(2)21-49(89-70(113)53(25-43-30-79-35-84-43)91-68(111)51(23-41-28-80-46-15-11-9-13-44(41)46)88-65(108)39(7)85-73(116)55(33-97)93-71(114)54(26-61(105)106)87-58(101)27-77)66(109)82-31-59(102)86-48(17-18-60(103)104)67(110)90-50(22-37(3)4)72(115)95-63(38(5)6)76(119)92-52(24-42-29-81-47-16-12-10-14-45(42)47)69(112)94-56(34-98)74(117)96-64(40(8)99)75(118)83-32-62(107)120-20-19-57(78)100/h9-16,28-30,35-40,48-56,63-64,80-81,97-99H,17-27,31-34,77H2,1-8H3,(H2,78,100)(H,79,84)(H,82,109)(H,83,118)(H,85,116)(H,86,102)(H,87,101)(H,88,108)(H,89,113)(H,90,110)(H,91,111)(H,92,119)(H,93,114)(H,94,112)(H,95,115)(H,96,117)(H,103,104)(H,105,106)/t39-,40+,48-,49-,50-,51-,52-,53-,54-,55-,56-,63-,64-/m0/s1. The largest absolute Gasteiger partial charge is 0.481 e. The number of primary amides is 1. The molecular weight excluding hydrogens is 1590 g/mol. The highest BCUT2D eigenvalue weighted by molar-refractivity contribution is 8.13. The Bertz CT molecular complexity index is 4440. The molecule has 0 saturated carbocycles. The molecule has 0 radical (unpaired) electrons. The molecule has 0 fully saturated rings. The van der Waals surface area contributed by atoms with Gasteiger partial charge in [-0.2, -0.15) is 0 Å². The fourth-order valence-electron chi connectivity index (χ4n) is 12.1. The second kappa shape index (κ2) is 48.5. The number of imidazole rings is 1. The highest BCUT2D eigenvalue weighted by atomic mass is 32.2. The second-order valence-electron chi connectivity index (χ2n) is 29.5. The number of amides is 15. The number of aromatic amines is 3. The lowest BCUT2D eigenvalue weighted by Gasteiger charge is -2.29. The third kappa shape index (κ3) is 32.1. The monoisotopic (exact) mass is 1700 g/mol. The molecule has 5 aromatic rings. The van der Waals surface area contributed by atoms with Gasteiger partial charge in [-0.15, -0.1) is 0 Å².